The van der Waals surface area contributed by atoms with Gasteiger partial charge in [-0.15, -0.1) is 0 Å². The van der Waals surface area contributed by atoms with Gasteiger partial charge in [-0.2, -0.15) is 0 Å². The Labute approximate surface area is 116 Å². The van der Waals surface area contributed by atoms with Crippen molar-refractivity contribution in [2.75, 3.05) is 0 Å². The molecule has 0 aliphatic carbocycles. The number of primary amides is 2. The lowest BCUT2D eigenvalue weighted by molar-refractivity contribution is 0.256. The molecule has 90 valence electrons. The molecular weight excluding hydrogens is 321 g/mol. The summed E-state index contributed by atoms with van der Waals surface area (Å²) >= 11 is 27.9. The zero-order valence-electron chi connectivity index (χ0n) is 7.40. The Morgan fingerprint density at radius 2 is 1.00 bits per heavy atom. The first-order valence-electron chi connectivity index (χ1n) is 3.45. The number of hydrogen-bond acceptors (Lipinski definition) is 2. The van der Waals surface area contributed by atoms with Crippen LogP contribution in [0.1, 0.15) is 0 Å². The summed E-state index contributed by atoms with van der Waals surface area (Å²) in [5, 5.41) is 9.01. The summed E-state index contributed by atoms with van der Waals surface area (Å²) < 4.78 is 0. The van der Waals surface area contributed by atoms with E-state index in [2.05, 4.69) is 11.5 Å². The van der Waals surface area contributed by atoms with E-state index >= 15 is 0 Å². The van der Waals surface area contributed by atoms with Gasteiger partial charge in [0.15, 0.2) is 5.75 Å². The molecule has 0 atom stereocenters. The molecule has 0 unspecified atom stereocenters. The van der Waals surface area contributed by atoms with Gasteiger partial charge in [-0.1, -0.05) is 58.0 Å². The summed E-state index contributed by atoms with van der Waals surface area (Å²) in [5.41, 5.74) is 8.50. The van der Waals surface area contributed by atoms with Crippen molar-refractivity contribution in [1.82, 2.24) is 0 Å². The fourth-order valence-electron chi connectivity index (χ4n) is 0.593. The van der Waals surface area contributed by atoms with Crippen LogP contribution in [0.2, 0.25) is 25.1 Å². The number of phenolic OH excluding ortho intramolecular Hbond substituents is 1. The van der Waals surface area contributed by atoms with Gasteiger partial charge in [-0.3, -0.25) is 0 Å². The van der Waals surface area contributed by atoms with E-state index in [1.54, 1.807) is 0 Å². The highest BCUT2D eigenvalue weighted by molar-refractivity contribution is 6.55. The third kappa shape index (κ3) is 3.96. The first kappa shape index (κ1) is 15.7. The van der Waals surface area contributed by atoms with Gasteiger partial charge in [0.05, 0.1) is 15.1 Å². The Morgan fingerprint density at radius 3 is 1.25 bits per heavy atom. The number of hydrogen-bond donors (Lipinski definition) is 3. The Kier molecular flexibility index (Phi) is 6.36. The average molecular weight is 326 g/mol. The van der Waals surface area contributed by atoms with Crippen LogP contribution in [0.15, 0.2) is 0 Å². The molecule has 1 rings (SSSR count). The van der Waals surface area contributed by atoms with Crippen molar-refractivity contribution in [3.05, 3.63) is 25.1 Å². The first-order valence-corrected chi connectivity index (χ1v) is 5.34. The summed E-state index contributed by atoms with van der Waals surface area (Å²) in [7, 11) is 0. The van der Waals surface area contributed by atoms with Crippen molar-refractivity contribution < 1.29 is 9.90 Å². The Balaban J connectivity index is 0.000000487. The van der Waals surface area contributed by atoms with E-state index in [1.807, 2.05) is 0 Å². The van der Waals surface area contributed by atoms with Gasteiger partial charge in [0, 0.05) is 0 Å². The average Bonchev–Trinajstić information content (AvgIpc) is 2.20. The number of rotatable bonds is 0. The highest BCUT2D eigenvalue weighted by Gasteiger charge is 2.18. The lowest BCUT2D eigenvalue weighted by Crippen LogP contribution is -2.18. The summed E-state index contributed by atoms with van der Waals surface area (Å²) in [6.07, 6.45) is 0. The van der Waals surface area contributed by atoms with Crippen LogP contribution < -0.4 is 11.5 Å². The van der Waals surface area contributed by atoms with Gasteiger partial charge in [0.2, 0.25) is 0 Å². The standard InChI is InChI=1S/C6HCl5O.CH4N2O/c7-1-2(8)4(10)6(12)5(11)3(1)9;2-1(3)4/h12H;(H4,2,3,4). The van der Waals surface area contributed by atoms with Crippen molar-refractivity contribution >= 4 is 64.0 Å². The molecule has 4 nitrogen and oxygen atoms in total. The van der Waals surface area contributed by atoms with Gasteiger partial charge >= 0.3 is 6.03 Å². The van der Waals surface area contributed by atoms with Crippen LogP contribution in [0.4, 0.5) is 4.79 Å². The number of nitrogens with two attached hydrogens (primary N) is 2. The quantitative estimate of drug-likeness (QED) is 0.501. The SMILES string of the molecule is NC(N)=O.Oc1c(Cl)c(Cl)c(Cl)c(Cl)c1Cl. The van der Waals surface area contributed by atoms with Crippen LogP contribution in [0.3, 0.4) is 0 Å². The first-order chi connectivity index (χ1) is 7.20. The maximum absolute atomic E-state index is 9.20. The van der Waals surface area contributed by atoms with Crippen molar-refractivity contribution in [1.29, 1.82) is 0 Å². The van der Waals surface area contributed by atoms with Crippen LogP contribution in [0.5, 0.6) is 5.75 Å². The Hall–Kier alpha value is -0.260. The topological polar surface area (TPSA) is 89.3 Å². The van der Waals surface area contributed by atoms with E-state index in [0.29, 0.717) is 0 Å². The fourth-order valence-corrected chi connectivity index (χ4v) is 1.72. The molecule has 0 bridgehead atoms. The molecule has 2 amide bonds. The molecule has 16 heavy (non-hydrogen) atoms. The molecule has 0 spiro atoms. The number of urea groups is 1. The number of carbonyl (C=O) groups excluding carboxylic acids is 1. The van der Waals surface area contributed by atoms with Gasteiger partial charge in [-0.25, -0.2) is 4.79 Å². The Morgan fingerprint density at radius 1 is 0.812 bits per heavy atom. The highest BCUT2D eigenvalue weighted by atomic mass is 35.5. The third-order valence-corrected chi connectivity index (χ3v) is 3.44. The van der Waals surface area contributed by atoms with Gasteiger partial charge in [0.25, 0.3) is 0 Å². The molecular formula is C7H5Cl5N2O2. The largest absolute Gasteiger partial charge is 0.505 e. The number of halogens is 5. The Bertz CT molecular complexity index is 315. The predicted molar refractivity (Wildman–Crippen MR) is 66.9 cm³/mol. The minimum absolute atomic E-state index is 0.00904. The lowest BCUT2D eigenvalue weighted by Gasteiger charge is -2.06. The van der Waals surface area contributed by atoms with Crippen LogP contribution >= 0.6 is 58.0 Å². The van der Waals surface area contributed by atoms with Crippen molar-refractivity contribution in [3.8, 4) is 5.75 Å². The minimum Gasteiger partial charge on any atom is -0.505 e. The molecule has 9 heteroatoms. The van der Waals surface area contributed by atoms with Crippen LogP contribution in [0.25, 0.3) is 0 Å². The second kappa shape index (κ2) is 6.47. The van der Waals surface area contributed by atoms with E-state index in [-0.39, 0.29) is 30.9 Å². The lowest BCUT2D eigenvalue weighted by atomic mass is 10.3. The molecule has 0 heterocycles. The smallest absolute Gasteiger partial charge is 0.309 e. The van der Waals surface area contributed by atoms with Crippen LogP contribution in [-0.2, 0) is 0 Å². The van der Waals surface area contributed by atoms with Crippen molar-refractivity contribution in [2.45, 2.75) is 0 Å². The summed E-state index contributed by atoms with van der Waals surface area (Å²) in [6, 6.07) is -0.833. The third-order valence-electron chi connectivity index (χ3n) is 1.19. The van der Waals surface area contributed by atoms with Crippen molar-refractivity contribution in [3.63, 3.8) is 0 Å². The molecule has 0 saturated heterocycles. The van der Waals surface area contributed by atoms with Gasteiger partial charge in [-0.05, 0) is 0 Å². The molecule has 0 aromatic heterocycles. The second-order valence-corrected chi connectivity index (χ2v) is 4.21. The van der Waals surface area contributed by atoms with Crippen molar-refractivity contribution in [2.24, 2.45) is 11.5 Å². The highest BCUT2D eigenvalue weighted by Crippen LogP contribution is 2.47. The zero-order chi connectivity index (χ0) is 13.0. The van der Waals surface area contributed by atoms with E-state index in [4.69, 9.17) is 62.8 Å². The summed E-state index contributed by atoms with van der Waals surface area (Å²) in [5.74, 6) is -0.363. The molecule has 1 aromatic rings. The number of carbonyl (C=O) groups is 1. The number of phenols is 1. The molecule has 0 fully saturated rings. The maximum Gasteiger partial charge on any atom is 0.309 e. The van der Waals surface area contributed by atoms with E-state index < -0.39 is 6.03 Å². The minimum atomic E-state index is -0.833. The second-order valence-electron chi connectivity index (χ2n) is 2.32. The molecule has 0 aliphatic rings. The van der Waals surface area contributed by atoms with Crippen LogP contribution in [0, 0.1) is 0 Å². The fraction of sp³-hybridized carbons (Fsp3) is 0. The van der Waals surface area contributed by atoms with E-state index in [0.717, 1.165) is 0 Å². The normalized spacial score (nSPS) is 9.31. The zero-order valence-corrected chi connectivity index (χ0v) is 11.2. The monoisotopic (exact) mass is 324 g/mol. The maximum atomic E-state index is 9.20. The summed E-state index contributed by atoms with van der Waals surface area (Å²) in [4.78, 5) is 9.00. The molecule has 5 N–H and O–H groups in total. The number of benzene rings is 1. The predicted octanol–water partition coefficient (Wildman–Crippen LogP) is 3.68. The summed E-state index contributed by atoms with van der Waals surface area (Å²) in [6.45, 7) is 0. The molecule has 0 radical (unpaired) electrons. The van der Waals surface area contributed by atoms with E-state index in [1.165, 1.54) is 0 Å². The van der Waals surface area contributed by atoms with Crippen LogP contribution in [-0.4, -0.2) is 11.1 Å². The van der Waals surface area contributed by atoms with Gasteiger partial charge < -0.3 is 16.6 Å². The molecule has 0 aliphatic heterocycles. The van der Waals surface area contributed by atoms with Gasteiger partial charge in [0.1, 0.15) is 10.0 Å². The number of aromatic hydroxyl groups is 1. The number of amides is 2. The van der Waals surface area contributed by atoms with E-state index in [9.17, 15) is 5.11 Å². The molecule has 0 saturated carbocycles. The molecule has 1 aromatic carbocycles.